The van der Waals surface area contributed by atoms with Gasteiger partial charge >= 0.3 is 0 Å². The van der Waals surface area contributed by atoms with E-state index in [2.05, 4.69) is 32.1 Å². The van der Waals surface area contributed by atoms with E-state index >= 15 is 0 Å². The molecule has 6 nitrogen and oxygen atoms in total. The van der Waals surface area contributed by atoms with Crippen molar-refractivity contribution in [3.63, 3.8) is 0 Å². The molecule has 4 rings (SSSR count). The number of likely N-dealkylation sites (tertiary alicyclic amines) is 1. The number of aromatic nitrogens is 4. The summed E-state index contributed by atoms with van der Waals surface area (Å²) in [6.45, 7) is 6.90. The molecule has 0 spiro atoms. The lowest BCUT2D eigenvalue weighted by atomic mass is 10.1. The Balaban J connectivity index is 1.56. The molecule has 6 heteroatoms. The Morgan fingerprint density at radius 3 is 2.88 bits per heavy atom. The van der Waals surface area contributed by atoms with E-state index in [4.69, 9.17) is 0 Å². The molecule has 0 saturated carbocycles. The molecule has 1 fully saturated rings. The topological polar surface area (TPSA) is 66.3 Å². The largest absolute Gasteiger partial charge is 0.298 e. The lowest BCUT2D eigenvalue weighted by Crippen LogP contribution is -2.21. The normalized spacial score (nSPS) is 18.2. The monoisotopic (exact) mass is 337 g/mol. The SMILES string of the molecule is CCc1c(C)nc2cc([C@H]3CCN(Cc4ccncc4)C3)[nH]n2c1=O. The number of hydrogen-bond acceptors (Lipinski definition) is 4. The molecule has 1 aliphatic heterocycles. The average molecular weight is 337 g/mol. The molecule has 1 atom stereocenters. The fourth-order valence-electron chi connectivity index (χ4n) is 3.78. The Bertz CT molecular complexity index is 944. The van der Waals surface area contributed by atoms with Crippen LogP contribution in [0.1, 0.15) is 41.8 Å². The summed E-state index contributed by atoms with van der Waals surface area (Å²) in [6, 6.07) is 6.16. The first kappa shape index (κ1) is 16.0. The van der Waals surface area contributed by atoms with Crippen molar-refractivity contribution >= 4 is 5.65 Å². The molecule has 1 N–H and O–H groups in total. The number of aromatic amines is 1. The van der Waals surface area contributed by atoms with Gasteiger partial charge in [-0.2, -0.15) is 0 Å². The summed E-state index contributed by atoms with van der Waals surface area (Å²) in [5, 5.41) is 3.30. The van der Waals surface area contributed by atoms with Gasteiger partial charge in [-0.15, -0.1) is 0 Å². The minimum Gasteiger partial charge on any atom is -0.298 e. The van der Waals surface area contributed by atoms with Gasteiger partial charge in [-0.05, 0) is 44.0 Å². The van der Waals surface area contributed by atoms with E-state index in [1.54, 1.807) is 4.52 Å². The summed E-state index contributed by atoms with van der Waals surface area (Å²) in [5.74, 6) is 0.410. The molecule has 0 bridgehead atoms. The summed E-state index contributed by atoms with van der Waals surface area (Å²) in [7, 11) is 0. The highest BCUT2D eigenvalue weighted by molar-refractivity contribution is 5.42. The van der Waals surface area contributed by atoms with Crippen molar-refractivity contribution in [1.82, 2.24) is 24.5 Å². The third-order valence-corrected chi connectivity index (χ3v) is 5.16. The van der Waals surface area contributed by atoms with Gasteiger partial charge in [0.2, 0.25) is 0 Å². The molecule has 0 aromatic carbocycles. The number of rotatable bonds is 4. The van der Waals surface area contributed by atoms with Crippen LogP contribution in [0.5, 0.6) is 0 Å². The summed E-state index contributed by atoms with van der Waals surface area (Å²) in [6.07, 6.45) is 5.48. The Hall–Kier alpha value is -2.47. The van der Waals surface area contributed by atoms with Gasteiger partial charge < -0.3 is 0 Å². The first-order valence-corrected chi connectivity index (χ1v) is 8.88. The van der Waals surface area contributed by atoms with Crippen molar-refractivity contribution in [1.29, 1.82) is 0 Å². The fraction of sp³-hybridized carbons (Fsp3) is 0.421. The van der Waals surface area contributed by atoms with Crippen LogP contribution in [-0.4, -0.2) is 37.6 Å². The molecular weight excluding hydrogens is 314 g/mol. The summed E-state index contributed by atoms with van der Waals surface area (Å²) in [5.41, 5.74) is 4.77. The average Bonchev–Trinajstić information content (AvgIpc) is 3.23. The molecule has 4 heterocycles. The van der Waals surface area contributed by atoms with Crippen molar-refractivity contribution in [3.05, 3.63) is 63.5 Å². The smallest absolute Gasteiger partial charge is 0.276 e. The molecule has 0 unspecified atom stereocenters. The minimum absolute atomic E-state index is 0.0305. The van der Waals surface area contributed by atoms with E-state index < -0.39 is 0 Å². The molecule has 130 valence electrons. The Kier molecular flexibility index (Phi) is 4.13. The van der Waals surface area contributed by atoms with Crippen molar-refractivity contribution < 1.29 is 0 Å². The number of nitrogens with one attached hydrogen (secondary N) is 1. The standard InChI is InChI=1S/C19H23N5O/c1-3-16-13(2)21-18-10-17(22-24(18)19(16)25)15-6-9-23(12-15)11-14-4-7-20-8-5-14/h4-5,7-8,10,15,22H,3,6,9,11-12H2,1-2H3/t15-/m0/s1. The Labute approximate surface area is 146 Å². The van der Waals surface area contributed by atoms with Gasteiger partial charge in [-0.3, -0.25) is 19.8 Å². The van der Waals surface area contributed by atoms with E-state index in [0.29, 0.717) is 12.3 Å². The van der Waals surface area contributed by atoms with Gasteiger partial charge in [0.25, 0.3) is 5.56 Å². The third kappa shape index (κ3) is 2.98. The molecule has 3 aromatic rings. The minimum atomic E-state index is 0.0305. The first-order valence-electron chi connectivity index (χ1n) is 8.88. The van der Waals surface area contributed by atoms with Crippen LogP contribution < -0.4 is 5.56 Å². The molecule has 0 aliphatic carbocycles. The number of aryl methyl sites for hydroxylation is 1. The number of fused-ring (bicyclic) bond motifs is 1. The van der Waals surface area contributed by atoms with Crippen molar-refractivity contribution in [2.75, 3.05) is 13.1 Å². The highest BCUT2D eigenvalue weighted by atomic mass is 16.1. The van der Waals surface area contributed by atoms with Crippen LogP contribution in [0.25, 0.3) is 5.65 Å². The highest BCUT2D eigenvalue weighted by Crippen LogP contribution is 2.27. The zero-order chi connectivity index (χ0) is 17.4. The van der Waals surface area contributed by atoms with Crippen LogP contribution in [-0.2, 0) is 13.0 Å². The number of pyridine rings is 1. The van der Waals surface area contributed by atoms with Gasteiger partial charge in [-0.25, -0.2) is 9.50 Å². The van der Waals surface area contributed by atoms with E-state index in [1.165, 1.54) is 5.56 Å². The molecule has 1 saturated heterocycles. The van der Waals surface area contributed by atoms with Crippen LogP contribution in [0.4, 0.5) is 0 Å². The lowest BCUT2D eigenvalue weighted by Gasteiger charge is -2.15. The summed E-state index contributed by atoms with van der Waals surface area (Å²) < 4.78 is 1.60. The Morgan fingerprint density at radius 1 is 1.32 bits per heavy atom. The van der Waals surface area contributed by atoms with Crippen LogP contribution in [0.2, 0.25) is 0 Å². The van der Waals surface area contributed by atoms with Crippen molar-refractivity contribution in [2.24, 2.45) is 0 Å². The zero-order valence-electron chi connectivity index (χ0n) is 14.7. The van der Waals surface area contributed by atoms with Crippen LogP contribution >= 0.6 is 0 Å². The predicted octanol–water partition coefficient (Wildman–Crippen LogP) is 2.28. The summed E-state index contributed by atoms with van der Waals surface area (Å²) in [4.78, 5) is 23.7. The maximum Gasteiger partial charge on any atom is 0.276 e. The second-order valence-corrected chi connectivity index (χ2v) is 6.82. The van der Waals surface area contributed by atoms with Gasteiger partial charge in [0.05, 0.1) is 0 Å². The van der Waals surface area contributed by atoms with Crippen molar-refractivity contribution in [2.45, 2.75) is 39.2 Å². The quantitative estimate of drug-likeness (QED) is 0.793. The third-order valence-electron chi connectivity index (χ3n) is 5.16. The van der Waals surface area contributed by atoms with E-state index in [0.717, 1.165) is 48.7 Å². The number of nitrogens with zero attached hydrogens (tertiary/aromatic N) is 4. The van der Waals surface area contributed by atoms with Crippen LogP contribution in [0.3, 0.4) is 0 Å². The lowest BCUT2D eigenvalue weighted by molar-refractivity contribution is 0.326. The number of hydrogen-bond donors (Lipinski definition) is 1. The first-order chi connectivity index (χ1) is 12.2. The van der Waals surface area contributed by atoms with Gasteiger partial charge in [-0.1, -0.05) is 6.92 Å². The number of H-pyrrole nitrogens is 1. The molecule has 3 aromatic heterocycles. The zero-order valence-corrected chi connectivity index (χ0v) is 14.7. The molecule has 25 heavy (non-hydrogen) atoms. The predicted molar refractivity (Wildman–Crippen MR) is 96.8 cm³/mol. The second-order valence-electron chi connectivity index (χ2n) is 6.82. The maximum absolute atomic E-state index is 12.6. The molecule has 0 radical (unpaired) electrons. The fourth-order valence-corrected chi connectivity index (χ4v) is 3.78. The van der Waals surface area contributed by atoms with E-state index in [9.17, 15) is 4.79 Å². The van der Waals surface area contributed by atoms with Gasteiger partial charge in [0, 0.05) is 54.4 Å². The van der Waals surface area contributed by atoms with E-state index in [1.807, 2.05) is 32.3 Å². The Morgan fingerprint density at radius 2 is 2.12 bits per heavy atom. The maximum atomic E-state index is 12.6. The van der Waals surface area contributed by atoms with E-state index in [-0.39, 0.29) is 5.56 Å². The highest BCUT2D eigenvalue weighted by Gasteiger charge is 2.26. The molecule has 1 aliphatic rings. The van der Waals surface area contributed by atoms with Crippen molar-refractivity contribution in [3.8, 4) is 0 Å². The molecule has 0 amide bonds. The molecular formula is C19H23N5O. The summed E-state index contributed by atoms with van der Waals surface area (Å²) >= 11 is 0. The second kappa shape index (κ2) is 6.44. The van der Waals surface area contributed by atoms with Gasteiger partial charge in [0.15, 0.2) is 5.65 Å². The van der Waals surface area contributed by atoms with Gasteiger partial charge in [0.1, 0.15) is 0 Å². The van der Waals surface area contributed by atoms with Crippen LogP contribution in [0, 0.1) is 6.92 Å². The van der Waals surface area contributed by atoms with Crippen LogP contribution in [0.15, 0.2) is 35.4 Å².